The second-order valence-corrected chi connectivity index (χ2v) is 10.1. The molecule has 30 heavy (non-hydrogen) atoms. The van der Waals surface area contributed by atoms with Crippen molar-refractivity contribution in [2.75, 3.05) is 0 Å². The van der Waals surface area contributed by atoms with Crippen molar-refractivity contribution in [3.63, 3.8) is 0 Å². The summed E-state index contributed by atoms with van der Waals surface area (Å²) in [5, 5.41) is 0. The van der Waals surface area contributed by atoms with E-state index in [9.17, 15) is 0 Å². The minimum Gasteiger partial charge on any atom is -0.0790 e. The highest BCUT2D eigenvalue weighted by Crippen LogP contribution is 2.50. The van der Waals surface area contributed by atoms with Gasteiger partial charge in [-0.25, -0.2) is 0 Å². The molecular formula is C29H27Br. The van der Waals surface area contributed by atoms with E-state index in [0.29, 0.717) is 10.7 Å². The predicted octanol–water partition coefficient (Wildman–Crippen LogP) is 8.41. The molecule has 0 spiro atoms. The highest BCUT2D eigenvalue weighted by atomic mass is 79.9. The van der Waals surface area contributed by atoms with Gasteiger partial charge in [0.25, 0.3) is 0 Å². The van der Waals surface area contributed by atoms with Crippen LogP contribution in [0.15, 0.2) is 94.1 Å². The van der Waals surface area contributed by atoms with Gasteiger partial charge >= 0.3 is 0 Å². The molecule has 6 rings (SSSR count). The van der Waals surface area contributed by atoms with Crippen molar-refractivity contribution in [2.45, 2.75) is 56.2 Å². The van der Waals surface area contributed by atoms with Gasteiger partial charge < -0.3 is 0 Å². The molecule has 150 valence electrons. The topological polar surface area (TPSA) is 0 Å². The molecule has 0 amide bonds. The van der Waals surface area contributed by atoms with E-state index in [0.717, 1.165) is 6.42 Å². The SMILES string of the molecule is CC1=C(CCC2c3ccccc3-c3ccccc32)C2=CC3=C(CCCC3)C(Br)C2=C1. The van der Waals surface area contributed by atoms with Crippen molar-refractivity contribution in [3.8, 4) is 11.1 Å². The fourth-order valence-electron chi connectivity index (χ4n) is 6.12. The molecule has 4 aliphatic rings. The minimum atomic E-state index is 0.424. The Labute approximate surface area is 188 Å². The van der Waals surface area contributed by atoms with E-state index in [1.54, 1.807) is 16.7 Å². The first kappa shape index (κ1) is 18.6. The third-order valence-electron chi connectivity index (χ3n) is 7.58. The minimum absolute atomic E-state index is 0.424. The van der Waals surface area contributed by atoms with Gasteiger partial charge in [0.15, 0.2) is 0 Å². The van der Waals surface area contributed by atoms with Crippen molar-refractivity contribution in [2.24, 2.45) is 0 Å². The molecule has 0 radical (unpaired) electrons. The van der Waals surface area contributed by atoms with Gasteiger partial charge in [-0.2, -0.15) is 0 Å². The van der Waals surface area contributed by atoms with E-state index < -0.39 is 0 Å². The van der Waals surface area contributed by atoms with Crippen LogP contribution in [0.4, 0.5) is 0 Å². The molecule has 1 heteroatoms. The molecule has 2 aromatic rings. The molecule has 0 saturated carbocycles. The van der Waals surface area contributed by atoms with Gasteiger partial charge in [0.1, 0.15) is 0 Å². The van der Waals surface area contributed by atoms with Crippen LogP contribution in [0.3, 0.4) is 0 Å². The largest absolute Gasteiger partial charge is 0.0790 e. The van der Waals surface area contributed by atoms with Gasteiger partial charge in [-0.05, 0) is 101 Å². The molecular weight excluding hydrogens is 428 g/mol. The summed E-state index contributed by atoms with van der Waals surface area (Å²) in [6.45, 7) is 2.32. The Bertz CT molecular complexity index is 1120. The van der Waals surface area contributed by atoms with Crippen molar-refractivity contribution in [3.05, 3.63) is 105 Å². The lowest BCUT2D eigenvalue weighted by Gasteiger charge is -2.30. The maximum atomic E-state index is 4.06. The quantitative estimate of drug-likeness (QED) is 0.408. The maximum absolute atomic E-state index is 4.06. The van der Waals surface area contributed by atoms with E-state index in [1.165, 1.54) is 71.1 Å². The summed E-state index contributed by atoms with van der Waals surface area (Å²) in [7, 11) is 0. The van der Waals surface area contributed by atoms with Gasteiger partial charge in [0.05, 0.1) is 4.83 Å². The third-order valence-corrected chi connectivity index (χ3v) is 8.63. The summed E-state index contributed by atoms with van der Waals surface area (Å²) in [6.07, 6.45) is 12.5. The average Bonchev–Trinajstić information content (AvgIpc) is 3.27. The molecule has 0 fully saturated rings. The second-order valence-electron chi connectivity index (χ2n) is 9.21. The van der Waals surface area contributed by atoms with E-state index >= 15 is 0 Å². The summed E-state index contributed by atoms with van der Waals surface area (Å²) >= 11 is 4.06. The van der Waals surface area contributed by atoms with Gasteiger partial charge in [0.2, 0.25) is 0 Å². The normalized spacial score (nSPS) is 22.4. The molecule has 0 aromatic heterocycles. The van der Waals surface area contributed by atoms with Crippen LogP contribution in [-0.4, -0.2) is 4.83 Å². The Balaban J connectivity index is 1.32. The summed E-state index contributed by atoms with van der Waals surface area (Å²) in [4.78, 5) is 0.424. The lowest BCUT2D eigenvalue weighted by Crippen LogP contribution is -2.17. The number of alkyl halides is 1. The van der Waals surface area contributed by atoms with Crippen LogP contribution in [-0.2, 0) is 0 Å². The molecule has 4 aliphatic carbocycles. The van der Waals surface area contributed by atoms with E-state index in [2.05, 4.69) is 83.5 Å². The van der Waals surface area contributed by atoms with E-state index in [1.807, 2.05) is 0 Å². The van der Waals surface area contributed by atoms with Gasteiger partial charge in [0, 0.05) is 5.92 Å². The zero-order valence-corrected chi connectivity index (χ0v) is 19.1. The summed E-state index contributed by atoms with van der Waals surface area (Å²) in [5.74, 6) is 0.509. The van der Waals surface area contributed by atoms with Gasteiger partial charge in [-0.1, -0.05) is 76.6 Å². The fraction of sp³-hybridized carbons (Fsp3) is 0.310. The second kappa shape index (κ2) is 7.24. The standard InChI is InChI=1S/C29H27Br/c1-18-16-28-27(17-19-8-2-3-9-21(19)29(28)30)20(18)14-15-26-24-12-6-4-10-22(24)23-11-5-7-13-25(23)26/h4-7,10-13,16-17,26,29H,2-3,8-9,14-15H2,1H3. The van der Waals surface area contributed by atoms with Crippen molar-refractivity contribution < 1.29 is 0 Å². The van der Waals surface area contributed by atoms with Crippen LogP contribution < -0.4 is 0 Å². The van der Waals surface area contributed by atoms with Crippen molar-refractivity contribution in [1.82, 2.24) is 0 Å². The van der Waals surface area contributed by atoms with Crippen LogP contribution in [0.25, 0.3) is 11.1 Å². The Morgan fingerprint density at radius 3 is 2.27 bits per heavy atom. The zero-order chi connectivity index (χ0) is 20.2. The summed E-state index contributed by atoms with van der Waals surface area (Å²) in [6, 6.07) is 18.0. The first-order valence-electron chi connectivity index (χ1n) is 11.4. The molecule has 0 N–H and O–H groups in total. The first-order chi connectivity index (χ1) is 14.7. The third kappa shape index (κ3) is 2.78. The van der Waals surface area contributed by atoms with Crippen LogP contribution in [0, 0.1) is 0 Å². The number of allylic oxidation sites excluding steroid dienone is 8. The fourth-order valence-corrected chi connectivity index (χ4v) is 7.03. The summed E-state index contributed by atoms with van der Waals surface area (Å²) < 4.78 is 0. The zero-order valence-electron chi connectivity index (χ0n) is 17.5. The van der Waals surface area contributed by atoms with Crippen LogP contribution >= 0.6 is 15.9 Å². The highest BCUT2D eigenvalue weighted by Gasteiger charge is 2.34. The molecule has 0 aliphatic heterocycles. The molecule has 0 heterocycles. The van der Waals surface area contributed by atoms with Crippen LogP contribution in [0.2, 0.25) is 0 Å². The lowest BCUT2D eigenvalue weighted by molar-refractivity contribution is 0.667. The van der Waals surface area contributed by atoms with Crippen molar-refractivity contribution >= 4 is 15.9 Å². The van der Waals surface area contributed by atoms with E-state index in [4.69, 9.17) is 0 Å². The average molecular weight is 455 g/mol. The molecule has 0 saturated heterocycles. The monoisotopic (exact) mass is 454 g/mol. The number of hydrogen-bond acceptors (Lipinski definition) is 0. The number of fused-ring (bicyclic) bond motifs is 4. The van der Waals surface area contributed by atoms with Gasteiger partial charge in [-0.15, -0.1) is 0 Å². The maximum Gasteiger partial charge on any atom is 0.0616 e. The smallest absolute Gasteiger partial charge is 0.0616 e. The molecule has 0 nitrogen and oxygen atoms in total. The Hall–Kier alpha value is -2.12. The number of hydrogen-bond donors (Lipinski definition) is 0. The number of halogens is 1. The lowest BCUT2D eigenvalue weighted by atomic mass is 9.79. The Morgan fingerprint density at radius 1 is 0.867 bits per heavy atom. The molecule has 2 aromatic carbocycles. The predicted molar refractivity (Wildman–Crippen MR) is 130 cm³/mol. The number of rotatable bonds is 3. The van der Waals surface area contributed by atoms with Crippen LogP contribution in [0.5, 0.6) is 0 Å². The van der Waals surface area contributed by atoms with Crippen molar-refractivity contribution in [1.29, 1.82) is 0 Å². The summed E-state index contributed by atoms with van der Waals surface area (Å²) in [5.41, 5.74) is 15.2. The number of benzene rings is 2. The Morgan fingerprint density at radius 2 is 1.53 bits per heavy atom. The Kier molecular flexibility index (Phi) is 4.49. The van der Waals surface area contributed by atoms with Gasteiger partial charge in [-0.3, -0.25) is 0 Å². The molecule has 1 atom stereocenters. The highest BCUT2D eigenvalue weighted by molar-refractivity contribution is 9.09. The van der Waals surface area contributed by atoms with E-state index in [-0.39, 0.29) is 0 Å². The molecule has 1 unspecified atom stereocenters. The first-order valence-corrected chi connectivity index (χ1v) is 12.3. The van der Waals surface area contributed by atoms with Crippen LogP contribution in [0.1, 0.15) is 62.5 Å². The molecule has 0 bridgehead atoms.